The van der Waals surface area contributed by atoms with Gasteiger partial charge in [-0.05, 0) is 30.9 Å². The van der Waals surface area contributed by atoms with Crippen LogP contribution in [0.25, 0.3) is 0 Å². The zero-order valence-corrected chi connectivity index (χ0v) is 20.8. The van der Waals surface area contributed by atoms with E-state index in [4.69, 9.17) is 0 Å². The molecule has 0 rings (SSSR count). The van der Waals surface area contributed by atoms with Crippen LogP contribution in [0.5, 0.6) is 0 Å². The van der Waals surface area contributed by atoms with E-state index in [0.29, 0.717) is 6.42 Å². The fraction of sp³-hybridized carbons (Fsp3) is 0.789. The molecule has 0 aromatic heterocycles. The van der Waals surface area contributed by atoms with Crippen LogP contribution in [0, 0.1) is 0 Å². The molecule has 0 aliphatic heterocycles. The van der Waals surface area contributed by atoms with Crippen molar-refractivity contribution in [2.75, 3.05) is 0 Å². The van der Waals surface area contributed by atoms with Crippen molar-refractivity contribution >= 4 is 11.9 Å². The Morgan fingerprint density at radius 1 is 0.640 bits per heavy atom. The predicted octanol–water partition coefficient (Wildman–Crippen LogP) is -3.10. The van der Waals surface area contributed by atoms with Gasteiger partial charge < -0.3 is 19.8 Å². The van der Waals surface area contributed by atoms with Crippen LogP contribution < -0.4 is 69.3 Å². The van der Waals surface area contributed by atoms with Gasteiger partial charge in [0.2, 0.25) is 0 Å². The molecule has 0 spiro atoms. The van der Waals surface area contributed by atoms with Crippen LogP contribution in [-0.4, -0.2) is 11.9 Å². The summed E-state index contributed by atoms with van der Waals surface area (Å²) >= 11 is 0. The van der Waals surface area contributed by atoms with Gasteiger partial charge in [-0.25, -0.2) is 0 Å². The SMILES string of the molecule is CCCCCCCCCCCCCC/C(C(=O)[O-])=C(\C)C(=O)[O-].[Na+].[Na+]. The molecule has 0 amide bonds. The number of hydrogen-bond donors (Lipinski definition) is 0. The molecule has 0 N–H and O–H groups in total. The molecular formula is C19H32Na2O4. The van der Waals surface area contributed by atoms with Crippen molar-refractivity contribution in [3.63, 3.8) is 0 Å². The molecule has 0 saturated carbocycles. The van der Waals surface area contributed by atoms with Gasteiger partial charge in [-0.1, -0.05) is 77.6 Å². The van der Waals surface area contributed by atoms with Gasteiger partial charge in [0.1, 0.15) is 0 Å². The summed E-state index contributed by atoms with van der Waals surface area (Å²) in [6, 6.07) is 0. The smallest absolute Gasteiger partial charge is 0.545 e. The van der Waals surface area contributed by atoms with Crippen molar-refractivity contribution in [1.29, 1.82) is 0 Å². The summed E-state index contributed by atoms with van der Waals surface area (Å²) in [5.74, 6) is -2.82. The number of hydrogen-bond acceptors (Lipinski definition) is 4. The number of carboxylic acid groups (broad SMARTS) is 2. The second-order valence-electron chi connectivity index (χ2n) is 6.32. The second kappa shape index (κ2) is 21.0. The van der Waals surface area contributed by atoms with Gasteiger partial charge in [-0.15, -0.1) is 0 Å². The van der Waals surface area contributed by atoms with E-state index in [9.17, 15) is 19.8 Å². The van der Waals surface area contributed by atoms with E-state index in [2.05, 4.69) is 6.92 Å². The Kier molecular flexibility index (Phi) is 25.5. The molecule has 134 valence electrons. The van der Waals surface area contributed by atoms with Crippen molar-refractivity contribution in [3.05, 3.63) is 11.1 Å². The maximum absolute atomic E-state index is 10.9. The molecule has 0 aromatic carbocycles. The number of aliphatic carboxylic acids is 2. The molecule has 0 heterocycles. The molecule has 4 nitrogen and oxygen atoms in total. The molecule has 0 radical (unpaired) electrons. The van der Waals surface area contributed by atoms with Crippen LogP contribution in [0.1, 0.15) is 97.3 Å². The van der Waals surface area contributed by atoms with E-state index >= 15 is 0 Å². The summed E-state index contributed by atoms with van der Waals surface area (Å²) in [4.78, 5) is 21.6. The zero-order valence-electron chi connectivity index (χ0n) is 16.8. The minimum Gasteiger partial charge on any atom is -0.545 e. The summed E-state index contributed by atoms with van der Waals surface area (Å²) in [7, 11) is 0. The van der Waals surface area contributed by atoms with Gasteiger partial charge in [-0.3, -0.25) is 0 Å². The van der Waals surface area contributed by atoms with Crippen molar-refractivity contribution in [2.45, 2.75) is 97.3 Å². The quantitative estimate of drug-likeness (QED) is 0.174. The third kappa shape index (κ3) is 17.8. The molecule has 0 aliphatic carbocycles. The van der Waals surface area contributed by atoms with E-state index in [-0.39, 0.29) is 76.7 Å². The number of rotatable bonds is 15. The maximum atomic E-state index is 10.9. The van der Waals surface area contributed by atoms with E-state index in [0.717, 1.165) is 12.8 Å². The first-order valence-electron chi connectivity index (χ1n) is 9.13. The van der Waals surface area contributed by atoms with Crippen molar-refractivity contribution in [2.24, 2.45) is 0 Å². The average Bonchev–Trinajstić information content (AvgIpc) is 2.51. The summed E-state index contributed by atoms with van der Waals surface area (Å²) in [6.07, 6.45) is 14.6. The van der Waals surface area contributed by atoms with E-state index < -0.39 is 11.9 Å². The van der Waals surface area contributed by atoms with E-state index in [1.165, 1.54) is 64.7 Å². The first-order valence-corrected chi connectivity index (χ1v) is 9.13. The fourth-order valence-corrected chi connectivity index (χ4v) is 2.71. The molecule has 0 fully saturated rings. The van der Waals surface area contributed by atoms with Gasteiger partial charge in [0.15, 0.2) is 0 Å². The summed E-state index contributed by atoms with van der Waals surface area (Å²) < 4.78 is 0. The minimum atomic E-state index is -1.43. The summed E-state index contributed by atoms with van der Waals surface area (Å²) in [5.41, 5.74) is -0.342. The Morgan fingerprint density at radius 3 is 1.32 bits per heavy atom. The van der Waals surface area contributed by atoms with Crippen LogP contribution >= 0.6 is 0 Å². The van der Waals surface area contributed by atoms with Gasteiger partial charge in [-0.2, -0.15) is 0 Å². The third-order valence-electron chi connectivity index (χ3n) is 4.29. The van der Waals surface area contributed by atoms with Crippen molar-refractivity contribution in [3.8, 4) is 0 Å². The molecule has 0 saturated heterocycles. The van der Waals surface area contributed by atoms with Crippen LogP contribution in [-0.2, 0) is 9.59 Å². The number of carbonyl (C=O) groups excluding carboxylic acids is 2. The first-order chi connectivity index (χ1) is 11.0. The maximum Gasteiger partial charge on any atom is 1.00 e. The average molecular weight is 370 g/mol. The normalized spacial score (nSPS) is 11.1. The third-order valence-corrected chi connectivity index (χ3v) is 4.29. The zero-order chi connectivity index (χ0) is 17.5. The molecule has 0 unspecified atom stereocenters. The Hall–Kier alpha value is 0.680. The van der Waals surface area contributed by atoms with Crippen molar-refractivity contribution in [1.82, 2.24) is 0 Å². The van der Waals surface area contributed by atoms with Crippen LogP contribution in [0.15, 0.2) is 11.1 Å². The van der Waals surface area contributed by atoms with Gasteiger partial charge in [0.05, 0.1) is 11.9 Å². The molecule has 6 heteroatoms. The number of unbranched alkanes of at least 4 members (excludes halogenated alkanes) is 11. The molecule has 0 bridgehead atoms. The topological polar surface area (TPSA) is 80.3 Å². The molecular weight excluding hydrogens is 338 g/mol. The number of carboxylic acids is 2. The monoisotopic (exact) mass is 370 g/mol. The molecule has 25 heavy (non-hydrogen) atoms. The Balaban J connectivity index is -0.00000242. The van der Waals surface area contributed by atoms with E-state index in [1.807, 2.05) is 0 Å². The fourth-order valence-electron chi connectivity index (χ4n) is 2.71. The van der Waals surface area contributed by atoms with Gasteiger partial charge >= 0.3 is 59.1 Å². The Labute approximate surface area is 197 Å². The number of carbonyl (C=O) groups is 2. The first kappa shape index (κ1) is 30.4. The summed E-state index contributed by atoms with van der Waals surface area (Å²) in [5, 5.41) is 21.6. The van der Waals surface area contributed by atoms with Crippen molar-refractivity contribution < 1.29 is 78.9 Å². The summed E-state index contributed by atoms with van der Waals surface area (Å²) in [6.45, 7) is 3.49. The van der Waals surface area contributed by atoms with Gasteiger partial charge in [0, 0.05) is 0 Å². The minimum absolute atomic E-state index is 0. The predicted molar refractivity (Wildman–Crippen MR) is 88.4 cm³/mol. The molecule has 0 atom stereocenters. The molecule has 0 aliphatic rings. The molecule has 0 aromatic rings. The van der Waals surface area contributed by atoms with Crippen LogP contribution in [0.2, 0.25) is 0 Å². The van der Waals surface area contributed by atoms with Crippen LogP contribution in [0.3, 0.4) is 0 Å². The second-order valence-corrected chi connectivity index (χ2v) is 6.32. The largest absolute Gasteiger partial charge is 1.00 e. The Morgan fingerprint density at radius 2 is 1.00 bits per heavy atom. The van der Waals surface area contributed by atoms with E-state index in [1.54, 1.807) is 0 Å². The Bertz CT molecular complexity index is 382. The standard InChI is InChI=1S/C19H34O4.2Na/c1-3-4-5-6-7-8-9-10-11-12-13-14-15-17(19(22)23)16(2)18(20)21;;/h3-15H2,1-2H3,(H,20,21)(H,22,23);;/q;2*+1/p-2/b17-16-;;. The van der Waals surface area contributed by atoms with Crippen LogP contribution in [0.4, 0.5) is 0 Å². The van der Waals surface area contributed by atoms with Gasteiger partial charge in [0.25, 0.3) is 0 Å².